The van der Waals surface area contributed by atoms with Crippen molar-refractivity contribution in [2.75, 3.05) is 5.32 Å². The molecule has 2 nitrogen and oxygen atoms in total. The molecule has 0 heterocycles. The van der Waals surface area contributed by atoms with Gasteiger partial charge in [0.15, 0.2) is 0 Å². The number of hydrogen-bond donors (Lipinski definition) is 1. The van der Waals surface area contributed by atoms with Gasteiger partial charge in [-0.05, 0) is 58.4 Å². The third-order valence-corrected chi connectivity index (χ3v) is 3.34. The SMILES string of the molecule is O=C(Nc1cc(F)ccc1Br)c1ccc(C(F)(F)F)cc1. The fraction of sp³-hybridized carbons (Fsp3) is 0.0714. The number of anilines is 1. The first kappa shape index (κ1) is 15.5. The molecule has 2 rings (SSSR count). The standard InChI is InChI=1S/C14H8BrF4NO/c15-11-6-5-10(16)7-12(11)20-13(21)8-1-3-9(4-2-8)14(17,18)19/h1-7H,(H,20,21). The summed E-state index contributed by atoms with van der Waals surface area (Å²) in [6.45, 7) is 0. The molecule has 7 heteroatoms. The maximum atomic E-state index is 13.1. The molecule has 0 unspecified atom stereocenters. The summed E-state index contributed by atoms with van der Waals surface area (Å²) in [5, 5.41) is 2.42. The monoisotopic (exact) mass is 361 g/mol. The summed E-state index contributed by atoms with van der Waals surface area (Å²) in [5.74, 6) is -1.17. The van der Waals surface area contributed by atoms with E-state index in [9.17, 15) is 22.4 Å². The molecule has 1 amide bonds. The molecule has 0 atom stereocenters. The number of halogens is 5. The highest BCUT2D eigenvalue weighted by Gasteiger charge is 2.30. The van der Waals surface area contributed by atoms with Gasteiger partial charge in [-0.2, -0.15) is 13.2 Å². The molecule has 0 fully saturated rings. The van der Waals surface area contributed by atoms with Gasteiger partial charge >= 0.3 is 6.18 Å². The van der Waals surface area contributed by atoms with Crippen LogP contribution in [0.15, 0.2) is 46.9 Å². The Labute approximate surface area is 125 Å². The number of benzene rings is 2. The van der Waals surface area contributed by atoms with E-state index in [1.807, 2.05) is 0 Å². The van der Waals surface area contributed by atoms with Gasteiger partial charge in [-0.3, -0.25) is 4.79 Å². The minimum atomic E-state index is -4.46. The summed E-state index contributed by atoms with van der Waals surface area (Å²) in [4.78, 5) is 11.9. The minimum Gasteiger partial charge on any atom is -0.321 e. The van der Waals surface area contributed by atoms with Crippen molar-refractivity contribution in [1.29, 1.82) is 0 Å². The normalized spacial score (nSPS) is 11.3. The van der Waals surface area contributed by atoms with E-state index in [0.717, 1.165) is 30.3 Å². The molecular formula is C14H8BrF4NO. The quantitative estimate of drug-likeness (QED) is 0.760. The Kier molecular flexibility index (Phi) is 4.32. The van der Waals surface area contributed by atoms with E-state index in [1.54, 1.807) is 0 Å². The van der Waals surface area contributed by atoms with Crippen molar-refractivity contribution < 1.29 is 22.4 Å². The first-order valence-electron chi connectivity index (χ1n) is 5.71. The van der Waals surface area contributed by atoms with Gasteiger partial charge in [0.1, 0.15) is 5.82 Å². The van der Waals surface area contributed by atoms with Gasteiger partial charge in [0.2, 0.25) is 0 Å². The maximum absolute atomic E-state index is 13.1. The highest BCUT2D eigenvalue weighted by atomic mass is 79.9. The number of hydrogen-bond acceptors (Lipinski definition) is 1. The number of carbonyl (C=O) groups excluding carboxylic acids is 1. The summed E-state index contributed by atoms with van der Waals surface area (Å²) in [5.41, 5.74) is -0.606. The van der Waals surface area contributed by atoms with Gasteiger partial charge < -0.3 is 5.32 Å². The van der Waals surface area contributed by atoms with Crippen LogP contribution in [0.4, 0.5) is 23.2 Å². The van der Waals surface area contributed by atoms with Crippen LogP contribution in [0.5, 0.6) is 0 Å². The van der Waals surface area contributed by atoms with E-state index in [-0.39, 0.29) is 11.3 Å². The smallest absolute Gasteiger partial charge is 0.321 e. The number of amides is 1. The van der Waals surface area contributed by atoms with E-state index in [4.69, 9.17) is 0 Å². The third-order valence-electron chi connectivity index (χ3n) is 2.65. The summed E-state index contributed by atoms with van der Waals surface area (Å²) in [6.07, 6.45) is -4.46. The number of rotatable bonds is 2. The molecule has 0 saturated carbocycles. The lowest BCUT2D eigenvalue weighted by Crippen LogP contribution is -2.13. The zero-order valence-electron chi connectivity index (χ0n) is 10.3. The van der Waals surface area contributed by atoms with Crippen molar-refractivity contribution >= 4 is 27.5 Å². The molecule has 0 aliphatic carbocycles. The Balaban J connectivity index is 2.19. The zero-order valence-corrected chi connectivity index (χ0v) is 11.9. The van der Waals surface area contributed by atoms with Crippen LogP contribution in [0.25, 0.3) is 0 Å². The number of alkyl halides is 3. The number of nitrogens with one attached hydrogen (secondary N) is 1. The molecule has 0 radical (unpaired) electrons. The molecule has 21 heavy (non-hydrogen) atoms. The van der Waals surface area contributed by atoms with E-state index in [0.29, 0.717) is 4.47 Å². The van der Waals surface area contributed by atoms with E-state index in [2.05, 4.69) is 21.2 Å². The topological polar surface area (TPSA) is 29.1 Å². The average molecular weight is 362 g/mol. The lowest BCUT2D eigenvalue weighted by atomic mass is 10.1. The Bertz CT molecular complexity index is 668. The van der Waals surface area contributed by atoms with Crippen molar-refractivity contribution in [3.8, 4) is 0 Å². The first-order chi connectivity index (χ1) is 9.77. The fourth-order valence-electron chi connectivity index (χ4n) is 1.60. The van der Waals surface area contributed by atoms with Gasteiger partial charge in [0.25, 0.3) is 5.91 Å². The van der Waals surface area contributed by atoms with E-state index >= 15 is 0 Å². The van der Waals surface area contributed by atoms with Crippen LogP contribution in [0.2, 0.25) is 0 Å². The summed E-state index contributed by atoms with van der Waals surface area (Å²) in [6, 6.07) is 7.48. The number of carbonyl (C=O) groups is 1. The average Bonchev–Trinajstić information content (AvgIpc) is 2.42. The predicted octanol–water partition coefficient (Wildman–Crippen LogP) is 4.86. The minimum absolute atomic E-state index is 0.0409. The van der Waals surface area contributed by atoms with Crippen molar-refractivity contribution in [3.05, 3.63) is 63.9 Å². The Morgan fingerprint density at radius 1 is 1.05 bits per heavy atom. The summed E-state index contributed by atoms with van der Waals surface area (Å²) >= 11 is 3.14. The third kappa shape index (κ3) is 3.81. The van der Waals surface area contributed by atoms with Gasteiger partial charge in [-0.25, -0.2) is 4.39 Å². The van der Waals surface area contributed by atoms with Gasteiger partial charge in [-0.1, -0.05) is 0 Å². The second-order valence-electron chi connectivity index (χ2n) is 4.15. The van der Waals surface area contributed by atoms with Crippen LogP contribution in [0.3, 0.4) is 0 Å². The Hall–Kier alpha value is -1.89. The molecule has 0 spiro atoms. The fourth-order valence-corrected chi connectivity index (χ4v) is 1.94. The zero-order chi connectivity index (χ0) is 15.6. The molecule has 0 aliphatic heterocycles. The van der Waals surface area contributed by atoms with Crippen molar-refractivity contribution in [2.45, 2.75) is 6.18 Å². The lowest BCUT2D eigenvalue weighted by molar-refractivity contribution is -0.137. The van der Waals surface area contributed by atoms with Crippen LogP contribution in [0.1, 0.15) is 15.9 Å². The molecule has 110 valence electrons. The highest BCUT2D eigenvalue weighted by Crippen LogP contribution is 2.29. The van der Waals surface area contributed by atoms with E-state index < -0.39 is 23.5 Å². The van der Waals surface area contributed by atoms with Crippen LogP contribution < -0.4 is 5.32 Å². The molecule has 2 aromatic rings. The Morgan fingerprint density at radius 2 is 1.67 bits per heavy atom. The predicted molar refractivity (Wildman–Crippen MR) is 73.5 cm³/mol. The molecule has 0 saturated heterocycles. The maximum Gasteiger partial charge on any atom is 0.416 e. The van der Waals surface area contributed by atoms with Crippen LogP contribution >= 0.6 is 15.9 Å². The molecule has 1 N–H and O–H groups in total. The van der Waals surface area contributed by atoms with Crippen molar-refractivity contribution in [1.82, 2.24) is 0 Å². The molecular weight excluding hydrogens is 354 g/mol. The van der Waals surface area contributed by atoms with Gasteiger partial charge in [0.05, 0.1) is 11.3 Å². The summed E-state index contributed by atoms with van der Waals surface area (Å²) in [7, 11) is 0. The molecule has 2 aromatic carbocycles. The molecule has 0 bridgehead atoms. The lowest BCUT2D eigenvalue weighted by Gasteiger charge is -2.09. The Morgan fingerprint density at radius 3 is 2.24 bits per heavy atom. The van der Waals surface area contributed by atoms with Gasteiger partial charge in [0, 0.05) is 10.0 Å². The van der Waals surface area contributed by atoms with Crippen molar-refractivity contribution in [2.24, 2.45) is 0 Å². The first-order valence-corrected chi connectivity index (χ1v) is 6.50. The van der Waals surface area contributed by atoms with Crippen molar-refractivity contribution in [3.63, 3.8) is 0 Å². The van der Waals surface area contributed by atoms with Crippen LogP contribution in [0, 0.1) is 5.82 Å². The molecule has 0 aromatic heterocycles. The highest BCUT2D eigenvalue weighted by molar-refractivity contribution is 9.10. The van der Waals surface area contributed by atoms with Crippen LogP contribution in [-0.2, 0) is 6.18 Å². The second-order valence-corrected chi connectivity index (χ2v) is 5.01. The summed E-state index contributed by atoms with van der Waals surface area (Å²) < 4.78 is 50.8. The van der Waals surface area contributed by atoms with Gasteiger partial charge in [-0.15, -0.1) is 0 Å². The molecule has 0 aliphatic rings. The second kappa shape index (κ2) is 5.85. The van der Waals surface area contributed by atoms with E-state index in [1.165, 1.54) is 12.1 Å². The largest absolute Gasteiger partial charge is 0.416 e. The van der Waals surface area contributed by atoms with Crippen LogP contribution in [-0.4, -0.2) is 5.91 Å².